The number of carbonyl (C=O) groups is 2. The van der Waals surface area contributed by atoms with Crippen molar-refractivity contribution < 1.29 is 14.3 Å². The number of ether oxygens (including phenoxy) is 1. The highest BCUT2D eigenvalue weighted by atomic mass is 35.5. The summed E-state index contributed by atoms with van der Waals surface area (Å²) in [6, 6.07) is 21.9. The van der Waals surface area contributed by atoms with E-state index in [1.165, 1.54) is 5.01 Å². The Kier molecular flexibility index (Phi) is 7.14. The van der Waals surface area contributed by atoms with Gasteiger partial charge in [-0.2, -0.15) is 0 Å². The highest BCUT2D eigenvalue weighted by Gasteiger charge is 2.57. The molecule has 2 heterocycles. The van der Waals surface area contributed by atoms with Gasteiger partial charge in [0.15, 0.2) is 0 Å². The number of piperazine rings is 1. The average molecular weight is 539 g/mol. The number of halogens is 2. The van der Waals surface area contributed by atoms with Gasteiger partial charge in [-0.25, -0.2) is 15.6 Å². The molecular weight excluding hydrogens is 511 g/mol. The first kappa shape index (κ1) is 25.5. The first-order chi connectivity index (χ1) is 17.8. The number of carbonyl (C=O) groups excluding carboxylic acids is 2. The summed E-state index contributed by atoms with van der Waals surface area (Å²) in [5.74, 6) is 6.05. The molecule has 0 bridgehead atoms. The predicted octanol–water partition coefficient (Wildman–Crippen LogP) is 4.84. The third kappa shape index (κ3) is 4.46. The van der Waals surface area contributed by atoms with E-state index in [2.05, 4.69) is 4.90 Å². The largest absolute Gasteiger partial charge is 0.445 e. The highest BCUT2D eigenvalue weighted by molar-refractivity contribution is 6.33. The van der Waals surface area contributed by atoms with Gasteiger partial charge < -0.3 is 9.64 Å². The fourth-order valence-electron chi connectivity index (χ4n) is 5.50. The minimum atomic E-state index is -1.16. The van der Waals surface area contributed by atoms with Crippen LogP contribution in [0.3, 0.4) is 0 Å². The zero-order valence-electron chi connectivity index (χ0n) is 20.4. The fourth-order valence-corrected chi connectivity index (χ4v) is 5.95. The van der Waals surface area contributed by atoms with Gasteiger partial charge in [-0.3, -0.25) is 9.69 Å². The molecule has 192 valence electrons. The maximum absolute atomic E-state index is 14.0. The van der Waals surface area contributed by atoms with Crippen molar-refractivity contribution in [3.05, 3.63) is 99.5 Å². The monoisotopic (exact) mass is 538 g/mol. The third-order valence-corrected chi connectivity index (χ3v) is 8.01. The molecule has 1 saturated heterocycles. The number of amides is 2. The van der Waals surface area contributed by atoms with E-state index in [0.29, 0.717) is 47.5 Å². The second-order valence-electron chi connectivity index (χ2n) is 9.36. The number of anilines is 1. The Morgan fingerprint density at radius 3 is 2.35 bits per heavy atom. The van der Waals surface area contributed by atoms with Crippen molar-refractivity contribution in [3.63, 3.8) is 0 Å². The van der Waals surface area contributed by atoms with Crippen LogP contribution in [0.15, 0.2) is 72.8 Å². The van der Waals surface area contributed by atoms with E-state index in [-0.39, 0.29) is 24.6 Å². The summed E-state index contributed by atoms with van der Waals surface area (Å²) in [6.45, 7) is 4.29. The predicted molar refractivity (Wildman–Crippen MR) is 145 cm³/mol. The second-order valence-corrected chi connectivity index (χ2v) is 10.2. The zero-order chi connectivity index (χ0) is 26.2. The zero-order valence-corrected chi connectivity index (χ0v) is 22.0. The quantitative estimate of drug-likeness (QED) is 0.371. The topological polar surface area (TPSA) is 79.1 Å². The molecule has 2 atom stereocenters. The number of nitrogens with two attached hydrogens (primary N) is 1. The van der Waals surface area contributed by atoms with Gasteiger partial charge in [-0.1, -0.05) is 71.7 Å². The second kappa shape index (κ2) is 10.3. The molecule has 2 aliphatic heterocycles. The van der Waals surface area contributed by atoms with E-state index in [1.54, 1.807) is 29.2 Å². The van der Waals surface area contributed by atoms with Crippen molar-refractivity contribution in [2.75, 3.05) is 31.2 Å². The lowest BCUT2D eigenvalue weighted by Crippen LogP contribution is -2.60. The lowest BCUT2D eigenvalue weighted by atomic mass is 9.69. The van der Waals surface area contributed by atoms with Crippen molar-refractivity contribution in [3.8, 4) is 0 Å². The summed E-state index contributed by atoms with van der Waals surface area (Å²) in [5, 5.41) is 2.19. The molecule has 2 amide bonds. The van der Waals surface area contributed by atoms with Crippen molar-refractivity contribution in [2.45, 2.75) is 25.0 Å². The molecule has 2 unspecified atom stereocenters. The number of hydrogen-bond donors (Lipinski definition) is 1. The Morgan fingerprint density at radius 1 is 0.973 bits per heavy atom. The van der Waals surface area contributed by atoms with E-state index in [1.807, 2.05) is 55.5 Å². The minimum absolute atomic E-state index is 0.226. The van der Waals surface area contributed by atoms with Crippen LogP contribution in [0.5, 0.6) is 0 Å². The Labute approximate surface area is 226 Å². The van der Waals surface area contributed by atoms with Crippen LogP contribution in [-0.2, 0) is 21.6 Å². The maximum Gasteiger partial charge on any atom is 0.410 e. The standard InChI is InChI=1S/C28H28Cl2N4O3/c1-19(32-13-15-33(16-14-32)27(36)37-18-20-7-3-2-4-8-20)28(22-9-5-6-10-24(22)30)23-17-21(29)11-12-25(23)34(31)26(28)35/h2-12,17,19H,13-16,18,31H2,1H3. The fraction of sp³-hybridized carbons (Fsp3) is 0.286. The number of rotatable bonds is 5. The molecule has 0 radical (unpaired) electrons. The molecule has 2 aliphatic rings. The van der Waals surface area contributed by atoms with Crippen LogP contribution in [-0.4, -0.2) is 54.0 Å². The average Bonchev–Trinajstić information content (AvgIpc) is 3.14. The Hall–Kier alpha value is -3.10. The molecular formula is C28H28Cl2N4O3. The maximum atomic E-state index is 14.0. The summed E-state index contributed by atoms with van der Waals surface area (Å²) < 4.78 is 5.52. The lowest BCUT2D eigenvalue weighted by Gasteiger charge is -2.45. The molecule has 2 N–H and O–H groups in total. The van der Waals surface area contributed by atoms with Crippen LogP contribution in [0.1, 0.15) is 23.6 Å². The molecule has 3 aromatic rings. The van der Waals surface area contributed by atoms with Crippen LogP contribution < -0.4 is 10.9 Å². The van der Waals surface area contributed by atoms with E-state index in [4.69, 9.17) is 33.8 Å². The van der Waals surface area contributed by atoms with Crippen LogP contribution in [0.2, 0.25) is 10.0 Å². The molecule has 7 nitrogen and oxygen atoms in total. The number of benzene rings is 3. The highest BCUT2D eigenvalue weighted by Crippen LogP contribution is 2.51. The smallest absolute Gasteiger partial charge is 0.410 e. The molecule has 1 fully saturated rings. The third-order valence-electron chi connectivity index (χ3n) is 7.45. The van der Waals surface area contributed by atoms with Crippen LogP contribution in [0.4, 0.5) is 10.5 Å². The van der Waals surface area contributed by atoms with Gasteiger partial charge in [0.2, 0.25) is 0 Å². The normalized spacial score (nSPS) is 20.6. The summed E-state index contributed by atoms with van der Waals surface area (Å²) >= 11 is 13.1. The lowest BCUT2D eigenvalue weighted by molar-refractivity contribution is -0.124. The molecule has 0 aliphatic carbocycles. The van der Waals surface area contributed by atoms with E-state index in [0.717, 1.165) is 11.1 Å². The molecule has 9 heteroatoms. The molecule has 0 saturated carbocycles. The molecule has 0 spiro atoms. The Balaban J connectivity index is 1.41. The summed E-state index contributed by atoms with van der Waals surface area (Å²) in [7, 11) is 0. The Bertz CT molecular complexity index is 1310. The summed E-state index contributed by atoms with van der Waals surface area (Å²) in [6.07, 6.45) is -0.348. The molecule has 0 aromatic heterocycles. The number of hydrogen-bond acceptors (Lipinski definition) is 5. The van der Waals surface area contributed by atoms with Gasteiger partial charge in [-0.15, -0.1) is 0 Å². The van der Waals surface area contributed by atoms with Gasteiger partial charge in [0, 0.05) is 47.8 Å². The number of nitrogens with zero attached hydrogens (tertiary/aromatic N) is 3. The number of fused-ring (bicyclic) bond motifs is 1. The van der Waals surface area contributed by atoms with Gasteiger partial charge in [0.25, 0.3) is 5.91 Å². The van der Waals surface area contributed by atoms with E-state index >= 15 is 0 Å². The van der Waals surface area contributed by atoms with E-state index < -0.39 is 5.41 Å². The van der Waals surface area contributed by atoms with Crippen molar-refractivity contribution in [1.82, 2.24) is 9.80 Å². The molecule has 37 heavy (non-hydrogen) atoms. The number of hydrazine groups is 1. The van der Waals surface area contributed by atoms with Crippen molar-refractivity contribution in [2.24, 2.45) is 5.84 Å². The SMILES string of the molecule is CC(N1CCN(C(=O)OCc2ccccc2)CC1)C1(c2ccccc2Cl)C(=O)N(N)c2ccc(Cl)cc21. The van der Waals surface area contributed by atoms with Crippen LogP contribution >= 0.6 is 23.2 Å². The minimum Gasteiger partial charge on any atom is -0.445 e. The van der Waals surface area contributed by atoms with Gasteiger partial charge in [0.1, 0.15) is 12.0 Å². The van der Waals surface area contributed by atoms with E-state index in [9.17, 15) is 9.59 Å². The first-order valence-electron chi connectivity index (χ1n) is 12.2. The van der Waals surface area contributed by atoms with Gasteiger partial charge in [-0.05, 0) is 42.3 Å². The first-order valence-corrected chi connectivity index (χ1v) is 12.9. The van der Waals surface area contributed by atoms with Gasteiger partial charge >= 0.3 is 6.09 Å². The van der Waals surface area contributed by atoms with Crippen LogP contribution in [0.25, 0.3) is 0 Å². The summed E-state index contributed by atoms with van der Waals surface area (Å²) in [5.41, 5.74) is 1.77. The van der Waals surface area contributed by atoms with Crippen molar-refractivity contribution >= 4 is 40.9 Å². The van der Waals surface area contributed by atoms with Gasteiger partial charge in [0.05, 0.1) is 5.69 Å². The molecule has 3 aromatic carbocycles. The van der Waals surface area contributed by atoms with Crippen molar-refractivity contribution in [1.29, 1.82) is 0 Å². The van der Waals surface area contributed by atoms with Crippen LogP contribution in [0, 0.1) is 0 Å². The Morgan fingerprint density at radius 2 is 1.65 bits per heavy atom. The summed E-state index contributed by atoms with van der Waals surface area (Å²) in [4.78, 5) is 30.6. The molecule has 5 rings (SSSR count).